The third-order valence-electron chi connectivity index (χ3n) is 4.99. The maximum atomic E-state index is 4.44. The Morgan fingerprint density at radius 3 is 2.90 bits per heavy atom. The van der Waals surface area contributed by atoms with Gasteiger partial charge in [-0.25, -0.2) is 4.98 Å². The molecule has 2 heterocycles. The molecule has 2 aromatic rings. The highest BCUT2D eigenvalue weighted by Gasteiger charge is 2.43. The van der Waals surface area contributed by atoms with Crippen LogP contribution in [0.4, 0.5) is 0 Å². The van der Waals surface area contributed by atoms with Crippen molar-refractivity contribution < 1.29 is 0 Å². The molecule has 0 radical (unpaired) electrons. The van der Waals surface area contributed by atoms with Gasteiger partial charge in [-0.05, 0) is 24.9 Å². The summed E-state index contributed by atoms with van der Waals surface area (Å²) in [6, 6.07) is 11.5. The SMILES string of the molecule is CC1(c2cncn2C2CC2c2ccccc2)CCNC1. The van der Waals surface area contributed by atoms with E-state index in [2.05, 4.69) is 58.3 Å². The van der Waals surface area contributed by atoms with E-state index in [1.165, 1.54) is 24.1 Å². The molecule has 20 heavy (non-hydrogen) atoms. The Labute approximate surface area is 120 Å². The van der Waals surface area contributed by atoms with Crippen LogP contribution in [-0.4, -0.2) is 22.6 Å². The normalized spacial score (nSPS) is 32.5. The van der Waals surface area contributed by atoms with E-state index in [4.69, 9.17) is 0 Å². The molecule has 1 saturated carbocycles. The van der Waals surface area contributed by atoms with E-state index in [9.17, 15) is 0 Å². The van der Waals surface area contributed by atoms with Crippen molar-refractivity contribution in [3.05, 3.63) is 54.1 Å². The summed E-state index contributed by atoms with van der Waals surface area (Å²) in [5, 5.41) is 3.49. The molecule has 2 fully saturated rings. The molecule has 4 rings (SSSR count). The van der Waals surface area contributed by atoms with Gasteiger partial charge in [0.1, 0.15) is 0 Å². The van der Waals surface area contributed by atoms with Crippen LogP contribution >= 0.6 is 0 Å². The number of nitrogens with one attached hydrogen (secondary N) is 1. The summed E-state index contributed by atoms with van der Waals surface area (Å²) >= 11 is 0. The molecule has 0 bridgehead atoms. The Kier molecular flexibility index (Phi) is 2.71. The topological polar surface area (TPSA) is 29.9 Å². The molecule has 3 unspecified atom stereocenters. The highest BCUT2D eigenvalue weighted by atomic mass is 15.1. The Morgan fingerprint density at radius 1 is 1.30 bits per heavy atom. The first-order valence-electron chi connectivity index (χ1n) is 7.56. The number of rotatable bonds is 3. The molecule has 3 nitrogen and oxygen atoms in total. The molecule has 1 aromatic heterocycles. The van der Waals surface area contributed by atoms with Crippen molar-refractivity contribution in [1.29, 1.82) is 0 Å². The van der Waals surface area contributed by atoms with E-state index in [0.717, 1.165) is 13.1 Å². The Balaban J connectivity index is 1.61. The molecular weight excluding hydrogens is 246 g/mol. The fourth-order valence-corrected chi connectivity index (χ4v) is 3.62. The smallest absolute Gasteiger partial charge is 0.0951 e. The van der Waals surface area contributed by atoms with Crippen molar-refractivity contribution in [3.63, 3.8) is 0 Å². The average Bonchev–Trinajstić information content (AvgIpc) is 2.90. The highest BCUT2D eigenvalue weighted by Crippen LogP contribution is 2.52. The fraction of sp³-hybridized carbons (Fsp3) is 0.471. The predicted octanol–water partition coefficient (Wildman–Crippen LogP) is 2.86. The van der Waals surface area contributed by atoms with Gasteiger partial charge in [-0.2, -0.15) is 0 Å². The van der Waals surface area contributed by atoms with Gasteiger partial charge < -0.3 is 9.88 Å². The van der Waals surface area contributed by atoms with E-state index in [0.29, 0.717) is 12.0 Å². The van der Waals surface area contributed by atoms with Gasteiger partial charge in [-0.1, -0.05) is 37.3 Å². The number of imidazole rings is 1. The minimum absolute atomic E-state index is 0.250. The summed E-state index contributed by atoms with van der Waals surface area (Å²) in [4.78, 5) is 4.44. The summed E-state index contributed by atoms with van der Waals surface area (Å²) in [7, 11) is 0. The lowest BCUT2D eigenvalue weighted by molar-refractivity contribution is 0.472. The third kappa shape index (κ3) is 1.88. The van der Waals surface area contributed by atoms with Crippen molar-refractivity contribution in [2.24, 2.45) is 0 Å². The van der Waals surface area contributed by atoms with Crippen LogP contribution in [-0.2, 0) is 5.41 Å². The first-order valence-corrected chi connectivity index (χ1v) is 7.56. The molecule has 1 aliphatic carbocycles. The van der Waals surface area contributed by atoms with Crippen molar-refractivity contribution in [2.75, 3.05) is 13.1 Å². The zero-order valence-electron chi connectivity index (χ0n) is 11.9. The van der Waals surface area contributed by atoms with E-state index in [1.54, 1.807) is 0 Å². The van der Waals surface area contributed by atoms with Gasteiger partial charge in [0, 0.05) is 35.8 Å². The third-order valence-corrected chi connectivity index (χ3v) is 4.99. The Morgan fingerprint density at radius 2 is 2.15 bits per heavy atom. The van der Waals surface area contributed by atoms with Crippen LogP contribution in [0.3, 0.4) is 0 Å². The zero-order chi connectivity index (χ0) is 13.6. The second-order valence-corrected chi connectivity index (χ2v) is 6.49. The number of benzene rings is 1. The molecule has 104 valence electrons. The van der Waals surface area contributed by atoms with Gasteiger partial charge in [0.25, 0.3) is 0 Å². The first kappa shape index (κ1) is 12.2. The van der Waals surface area contributed by atoms with Crippen molar-refractivity contribution in [2.45, 2.75) is 37.1 Å². The Bertz CT molecular complexity index is 596. The fourth-order valence-electron chi connectivity index (χ4n) is 3.62. The Hall–Kier alpha value is -1.61. The average molecular weight is 267 g/mol. The summed E-state index contributed by atoms with van der Waals surface area (Å²) in [6.45, 7) is 4.55. The minimum atomic E-state index is 0.250. The molecule has 1 N–H and O–H groups in total. The van der Waals surface area contributed by atoms with Crippen molar-refractivity contribution >= 4 is 0 Å². The van der Waals surface area contributed by atoms with Gasteiger partial charge in [0.2, 0.25) is 0 Å². The van der Waals surface area contributed by atoms with E-state index in [1.807, 2.05) is 6.33 Å². The summed E-state index contributed by atoms with van der Waals surface area (Å²) in [6.07, 6.45) is 6.57. The maximum Gasteiger partial charge on any atom is 0.0951 e. The molecule has 1 saturated heterocycles. The number of hydrogen-bond donors (Lipinski definition) is 1. The minimum Gasteiger partial charge on any atom is -0.330 e. The molecule has 0 amide bonds. The van der Waals surface area contributed by atoms with Gasteiger partial charge in [0.05, 0.1) is 6.33 Å². The lowest BCUT2D eigenvalue weighted by Gasteiger charge is -2.24. The quantitative estimate of drug-likeness (QED) is 0.926. The first-order chi connectivity index (χ1) is 9.78. The monoisotopic (exact) mass is 267 g/mol. The second-order valence-electron chi connectivity index (χ2n) is 6.49. The number of hydrogen-bond acceptors (Lipinski definition) is 2. The van der Waals surface area contributed by atoms with Gasteiger partial charge in [-0.3, -0.25) is 0 Å². The van der Waals surface area contributed by atoms with Crippen molar-refractivity contribution in [1.82, 2.24) is 14.9 Å². The summed E-state index contributed by atoms with van der Waals surface area (Å²) in [5.41, 5.74) is 3.12. The van der Waals surface area contributed by atoms with E-state index in [-0.39, 0.29) is 5.41 Å². The molecule has 2 aliphatic rings. The van der Waals surface area contributed by atoms with Gasteiger partial charge in [0.15, 0.2) is 0 Å². The highest BCUT2D eigenvalue weighted by molar-refractivity contribution is 5.29. The molecule has 1 aromatic carbocycles. The van der Waals surface area contributed by atoms with E-state index < -0.39 is 0 Å². The van der Waals surface area contributed by atoms with Crippen LogP contribution in [0, 0.1) is 0 Å². The van der Waals surface area contributed by atoms with Crippen LogP contribution in [0.25, 0.3) is 0 Å². The van der Waals surface area contributed by atoms with Gasteiger partial charge in [-0.15, -0.1) is 0 Å². The lowest BCUT2D eigenvalue weighted by atomic mass is 9.86. The second kappa shape index (κ2) is 4.45. The maximum absolute atomic E-state index is 4.44. The van der Waals surface area contributed by atoms with Crippen LogP contribution in [0.2, 0.25) is 0 Å². The number of nitrogens with zero attached hydrogens (tertiary/aromatic N) is 2. The van der Waals surface area contributed by atoms with Crippen LogP contribution in [0.15, 0.2) is 42.9 Å². The zero-order valence-corrected chi connectivity index (χ0v) is 11.9. The number of aromatic nitrogens is 2. The summed E-state index contributed by atoms with van der Waals surface area (Å²) in [5.74, 6) is 0.669. The standard InChI is InChI=1S/C17H21N3/c1-17(7-8-18-11-17)16-10-19-12-20(16)15-9-14(15)13-5-3-2-4-6-13/h2-6,10,12,14-15,18H,7-9,11H2,1H3. The summed E-state index contributed by atoms with van der Waals surface area (Å²) < 4.78 is 2.44. The molecule has 0 spiro atoms. The predicted molar refractivity (Wildman–Crippen MR) is 79.9 cm³/mol. The molecule has 3 heteroatoms. The van der Waals surface area contributed by atoms with Crippen molar-refractivity contribution in [3.8, 4) is 0 Å². The van der Waals surface area contributed by atoms with Gasteiger partial charge >= 0.3 is 0 Å². The molecule has 3 atom stereocenters. The molecule has 1 aliphatic heterocycles. The van der Waals surface area contributed by atoms with E-state index >= 15 is 0 Å². The van der Waals surface area contributed by atoms with Crippen LogP contribution < -0.4 is 5.32 Å². The van der Waals surface area contributed by atoms with Crippen LogP contribution in [0.5, 0.6) is 0 Å². The largest absolute Gasteiger partial charge is 0.330 e. The lowest BCUT2D eigenvalue weighted by Crippen LogP contribution is -2.27. The van der Waals surface area contributed by atoms with Crippen LogP contribution in [0.1, 0.15) is 43.0 Å². The molecular formula is C17H21N3.